The second-order valence-electron chi connectivity index (χ2n) is 8.88. The van der Waals surface area contributed by atoms with Gasteiger partial charge in [-0.1, -0.05) is 23.7 Å². The fourth-order valence-electron chi connectivity index (χ4n) is 4.05. The minimum Gasteiger partial charge on any atom is -0.494 e. The molecule has 12 heteroatoms. The summed E-state index contributed by atoms with van der Waals surface area (Å²) in [6.45, 7) is -0.157. The van der Waals surface area contributed by atoms with Crippen LogP contribution in [-0.2, 0) is 22.6 Å². The standard InChI is InChI=1S/C30H25ClF3N3O5/c1-35-25-10-18(30(39)41-3)11-26(40-2)29(25)37-27(38)12-17-9-23(34)20(14-22(17)33)24-5-4-6-28(36-24)42-15-16-7-8-19(31)13-21(16)32/h4-11,13-14,35H,12,15H2,1-3H3,(H,37,38). The molecule has 0 saturated carbocycles. The molecule has 1 heterocycles. The molecule has 218 valence electrons. The van der Waals surface area contributed by atoms with E-state index in [4.69, 9.17) is 25.8 Å². The third kappa shape index (κ3) is 6.92. The Hall–Kier alpha value is -4.77. The number of carbonyl (C=O) groups excluding carboxylic acids is 2. The molecule has 4 rings (SSSR count). The molecule has 0 spiro atoms. The highest BCUT2D eigenvalue weighted by Gasteiger charge is 2.20. The summed E-state index contributed by atoms with van der Waals surface area (Å²) in [5, 5.41) is 5.72. The first-order chi connectivity index (χ1) is 20.1. The highest BCUT2D eigenvalue weighted by Crippen LogP contribution is 2.35. The van der Waals surface area contributed by atoms with Crippen molar-refractivity contribution < 1.29 is 37.0 Å². The third-order valence-corrected chi connectivity index (χ3v) is 6.39. The fourth-order valence-corrected chi connectivity index (χ4v) is 4.21. The third-order valence-electron chi connectivity index (χ3n) is 6.15. The summed E-state index contributed by atoms with van der Waals surface area (Å²) in [4.78, 5) is 29.0. The van der Waals surface area contributed by atoms with E-state index in [2.05, 4.69) is 15.6 Å². The van der Waals surface area contributed by atoms with Crippen molar-refractivity contribution in [3.63, 3.8) is 0 Å². The zero-order valence-electron chi connectivity index (χ0n) is 22.7. The topological polar surface area (TPSA) is 98.8 Å². The van der Waals surface area contributed by atoms with Crippen LogP contribution < -0.4 is 20.1 Å². The number of rotatable bonds is 10. The van der Waals surface area contributed by atoms with Gasteiger partial charge in [0.05, 0.1) is 37.6 Å². The highest BCUT2D eigenvalue weighted by atomic mass is 35.5. The van der Waals surface area contributed by atoms with Crippen LogP contribution in [0.5, 0.6) is 11.6 Å². The lowest BCUT2D eigenvalue weighted by molar-refractivity contribution is -0.115. The van der Waals surface area contributed by atoms with Crippen LogP contribution in [0.2, 0.25) is 5.02 Å². The van der Waals surface area contributed by atoms with E-state index >= 15 is 8.78 Å². The number of hydrogen-bond acceptors (Lipinski definition) is 7. The van der Waals surface area contributed by atoms with Gasteiger partial charge in [0.2, 0.25) is 11.8 Å². The average Bonchev–Trinajstić information content (AvgIpc) is 2.98. The summed E-state index contributed by atoms with van der Waals surface area (Å²) in [6.07, 6.45) is -0.503. The Morgan fingerprint density at radius 2 is 1.69 bits per heavy atom. The van der Waals surface area contributed by atoms with Gasteiger partial charge in [0.15, 0.2) is 0 Å². The Bertz CT molecular complexity index is 1630. The van der Waals surface area contributed by atoms with Crippen LogP contribution in [0.4, 0.5) is 24.5 Å². The molecule has 2 N–H and O–H groups in total. The van der Waals surface area contributed by atoms with Crippen LogP contribution in [0.15, 0.2) is 60.7 Å². The first kappa shape index (κ1) is 30.2. The minimum absolute atomic E-state index is 0.0672. The second kappa shape index (κ2) is 13.3. The average molecular weight is 600 g/mol. The van der Waals surface area contributed by atoms with E-state index in [1.165, 1.54) is 56.7 Å². The van der Waals surface area contributed by atoms with Crippen molar-refractivity contribution in [2.24, 2.45) is 0 Å². The van der Waals surface area contributed by atoms with Gasteiger partial charge < -0.3 is 24.8 Å². The zero-order valence-corrected chi connectivity index (χ0v) is 23.4. The van der Waals surface area contributed by atoms with E-state index in [1.54, 1.807) is 7.05 Å². The van der Waals surface area contributed by atoms with Gasteiger partial charge in [-0.25, -0.2) is 22.9 Å². The van der Waals surface area contributed by atoms with Gasteiger partial charge in [0, 0.05) is 34.8 Å². The number of nitrogens with one attached hydrogen (secondary N) is 2. The molecular weight excluding hydrogens is 575 g/mol. The van der Waals surface area contributed by atoms with Crippen molar-refractivity contribution in [2.75, 3.05) is 31.9 Å². The normalized spacial score (nSPS) is 10.6. The van der Waals surface area contributed by atoms with E-state index in [9.17, 15) is 14.0 Å². The van der Waals surface area contributed by atoms with Gasteiger partial charge in [-0.2, -0.15) is 0 Å². The number of pyridine rings is 1. The Balaban J connectivity index is 1.51. The number of benzene rings is 3. The zero-order chi connectivity index (χ0) is 30.4. The lowest BCUT2D eigenvalue weighted by Gasteiger charge is -2.16. The molecule has 0 saturated heterocycles. The van der Waals surface area contributed by atoms with E-state index in [-0.39, 0.29) is 56.9 Å². The van der Waals surface area contributed by atoms with Crippen LogP contribution in [-0.4, -0.2) is 38.1 Å². The van der Waals surface area contributed by atoms with Crippen molar-refractivity contribution in [1.82, 2.24) is 4.98 Å². The molecule has 0 atom stereocenters. The van der Waals surface area contributed by atoms with Gasteiger partial charge in [0.25, 0.3) is 0 Å². The van der Waals surface area contributed by atoms with Crippen molar-refractivity contribution in [1.29, 1.82) is 0 Å². The molecule has 4 aromatic rings. The van der Waals surface area contributed by atoms with Crippen LogP contribution in [0.1, 0.15) is 21.5 Å². The van der Waals surface area contributed by atoms with Crippen molar-refractivity contribution in [3.05, 3.63) is 99.8 Å². The Kier molecular flexibility index (Phi) is 9.53. The molecule has 1 amide bonds. The number of hydrogen-bond donors (Lipinski definition) is 2. The smallest absolute Gasteiger partial charge is 0.338 e. The number of anilines is 2. The lowest BCUT2D eigenvalue weighted by Crippen LogP contribution is -2.18. The minimum atomic E-state index is -0.834. The number of methoxy groups -OCH3 is 2. The molecule has 1 aromatic heterocycles. The molecule has 3 aromatic carbocycles. The molecule has 0 aliphatic heterocycles. The molecule has 0 aliphatic carbocycles. The molecule has 0 fully saturated rings. The van der Waals surface area contributed by atoms with Crippen LogP contribution in [0, 0.1) is 17.5 Å². The predicted molar refractivity (Wildman–Crippen MR) is 152 cm³/mol. The van der Waals surface area contributed by atoms with E-state index in [0.717, 1.165) is 18.2 Å². The Morgan fingerprint density at radius 1 is 0.929 bits per heavy atom. The first-order valence-electron chi connectivity index (χ1n) is 12.4. The van der Waals surface area contributed by atoms with E-state index in [1.807, 2.05) is 0 Å². The van der Waals surface area contributed by atoms with E-state index < -0.39 is 35.7 Å². The summed E-state index contributed by atoms with van der Waals surface area (Å²) in [5.41, 5.74) is 0.691. The van der Waals surface area contributed by atoms with Gasteiger partial charge in [-0.3, -0.25) is 4.79 Å². The largest absolute Gasteiger partial charge is 0.494 e. The van der Waals surface area contributed by atoms with Crippen LogP contribution in [0.3, 0.4) is 0 Å². The van der Waals surface area contributed by atoms with Gasteiger partial charge in [-0.15, -0.1) is 0 Å². The number of ether oxygens (including phenoxy) is 3. The van der Waals surface area contributed by atoms with Crippen LogP contribution >= 0.6 is 11.6 Å². The second-order valence-corrected chi connectivity index (χ2v) is 9.31. The van der Waals surface area contributed by atoms with Crippen molar-refractivity contribution in [3.8, 4) is 22.9 Å². The molecular formula is C30H25ClF3N3O5. The molecule has 0 radical (unpaired) electrons. The summed E-state index contributed by atoms with van der Waals surface area (Å²) in [6, 6.07) is 13.3. The number of aromatic nitrogens is 1. The number of amides is 1. The molecule has 42 heavy (non-hydrogen) atoms. The first-order valence-corrected chi connectivity index (χ1v) is 12.8. The number of halogens is 4. The maximum Gasteiger partial charge on any atom is 0.338 e. The molecule has 0 unspecified atom stereocenters. The monoisotopic (exact) mass is 599 g/mol. The van der Waals surface area contributed by atoms with Gasteiger partial charge in [-0.05, 0) is 42.5 Å². The van der Waals surface area contributed by atoms with Crippen molar-refractivity contribution >= 4 is 34.9 Å². The summed E-state index contributed by atoms with van der Waals surface area (Å²) in [5.74, 6) is -3.25. The highest BCUT2D eigenvalue weighted by molar-refractivity contribution is 6.30. The predicted octanol–water partition coefficient (Wildman–Crippen LogP) is 6.42. The molecule has 0 bridgehead atoms. The van der Waals surface area contributed by atoms with E-state index in [0.29, 0.717) is 5.69 Å². The maximum absolute atomic E-state index is 15.1. The summed E-state index contributed by atoms with van der Waals surface area (Å²) in [7, 11) is 4.15. The van der Waals surface area contributed by atoms with Crippen LogP contribution in [0.25, 0.3) is 11.3 Å². The molecule has 8 nitrogen and oxygen atoms in total. The van der Waals surface area contributed by atoms with Gasteiger partial charge in [0.1, 0.15) is 35.5 Å². The van der Waals surface area contributed by atoms with Crippen molar-refractivity contribution in [2.45, 2.75) is 13.0 Å². The maximum atomic E-state index is 15.1. The quantitative estimate of drug-likeness (QED) is 0.203. The number of nitrogens with zero attached hydrogens (tertiary/aromatic N) is 1. The Morgan fingerprint density at radius 3 is 2.38 bits per heavy atom. The Labute approximate surface area is 244 Å². The number of carbonyl (C=O) groups is 2. The lowest BCUT2D eigenvalue weighted by atomic mass is 10.0. The number of esters is 1. The molecule has 0 aliphatic rings. The van der Waals surface area contributed by atoms with Gasteiger partial charge >= 0.3 is 5.97 Å². The summed E-state index contributed by atoms with van der Waals surface area (Å²) < 4.78 is 59.9. The fraction of sp³-hybridized carbons (Fsp3) is 0.167. The summed E-state index contributed by atoms with van der Waals surface area (Å²) >= 11 is 5.77. The SMILES string of the molecule is CNc1cc(C(=O)OC)cc(OC)c1NC(=O)Cc1cc(F)c(-c2cccc(OCc3ccc(Cl)cc3F)n2)cc1F.